The summed E-state index contributed by atoms with van der Waals surface area (Å²) in [5, 5.41) is 8.54. The van der Waals surface area contributed by atoms with Gasteiger partial charge in [-0.25, -0.2) is 0 Å². The van der Waals surface area contributed by atoms with E-state index in [2.05, 4.69) is 0 Å². The van der Waals surface area contributed by atoms with Gasteiger partial charge in [-0.15, -0.1) is 0 Å². The summed E-state index contributed by atoms with van der Waals surface area (Å²) in [6, 6.07) is 0. The number of nitriles is 1. The maximum absolute atomic E-state index is 8.54. The van der Waals surface area contributed by atoms with E-state index in [-0.39, 0.29) is 6.10 Å². The third-order valence-corrected chi connectivity index (χ3v) is 3.71. The van der Waals surface area contributed by atoms with Crippen molar-refractivity contribution in [3.8, 4) is 6.26 Å². The quantitative estimate of drug-likeness (QED) is 0.580. The highest BCUT2D eigenvalue weighted by molar-refractivity contribution is 4.86. The Morgan fingerprint density at radius 2 is 1.77 bits per heavy atom. The van der Waals surface area contributed by atoms with Crippen molar-refractivity contribution in [2.24, 2.45) is 11.8 Å². The molecule has 0 aliphatic heterocycles. The van der Waals surface area contributed by atoms with Crippen LogP contribution in [0, 0.1) is 23.4 Å². The number of ether oxygens (including phenoxy) is 1. The number of rotatable bonds is 1. The molecule has 2 saturated carbocycles. The minimum absolute atomic E-state index is 0.254. The Balaban J connectivity index is 1.99. The molecule has 0 spiro atoms. The van der Waals surface area contributed by atoms with E-state index < -0.39 is 0 Å². The lowest BCUT2D eigenvalue weighted by Gasteiger charge is -2.39. The van der Waals surface area contributed by atoms with E-state index in [1.807, 2.05) is 6.26 Å². The average Bonchev–Trinajstić information content (AvgIpc) is 2.19. The minimum Gasteiger partial charge on any atom is -0.424 e. The van der Waals surface area contributed by atoms with Crippen LogP contribution in [0.2, 0.25) is 0 Å². The molecule has 2 aliphatic rings. The predicted octanol–water partition coefficient (Wildman–Crippen LogP) is 2.84. The lowest BCUT2D eigenvalue weighted by molar-refractivity contribution is 0.00764. The highest BCUT2D eigenvalue weighted by Gasteiger charge is 2.35. The molecule has 0 amide bonds. The highest BCUT2D eigenvalue weighted by atomic mass is 16.5. The molecule has 2 heteroatoms. The van der Waals surface area contributed by atoms with Crippen molar-refractivity contribution in [1.82, 2.24) is 0 Å². The van der Waals surface area contributed by atoms with E-state index in [1.54, 1.807) is 0 Å². The molecule has 0 radical (unpaired) electrons. The van der Waals surface area contributed by atoms with Crippen LogP contribution < -0.4 is 0 Å². The molecule has 2 aliphatic carbocycles. The van der Waals surface area contributed by atoms with Gasteiger partial charge in [-0.1, -0.05) is 19.3 Å². The van der Waals surface area contributed by atoms with Crippen LogP contribution in [0.25, 0.3) is 0 Å². The topological polar surface area (TPSA) is 33.0 Å². The second kappa shape index (κ2) is 4.00. The van der Waals surface area contributed by atoms with E-state index in [0.717, 1.165) is 12.3 Å². The summed E-state index contributed by atoms with van der Waals surface area (Å²) in [7, 11) is 0. The molecule has 72 valence electrons. The van der Waals surface area contributed by atoms with Crippen LogP contribution in [0.3, 0.4) is 0 Å². The highest BCUT2D eigenvalue weighted by Crippen LogP contribution is 2.41. The molecule has 0 aromatic rings. The zero-order chi connectivity index (χ0) is 9.10. The van der Waals surface area contributed by atoms with E-state index in [0.29, 0.717) is 5.92 Å². The molecular formula is C11H17NO. The fourth-order valence-electron chi connectivity index (χ4n) is 3.09. The Morgan fingerprint density at radius 3 is 2.62 bits per heavy atom. The van der Waals surface area contributed by atoms with Crippen molar-refractivity contribution in [3.05, 3.63) is 0 Å². The van der Waals surface area contributed by atoms with E-state index in [4.69, 9.17) is 10.00 Å². The van der Waals surface area contributed by atoms with Gasteiger partial charge in [-0.05, 0) is 37.5 Å². The van der Waals surface area contributed by atoms with Gasteiger partial charge in [0, 0.05) is 0 Å². The van der Waals surface area contributed by atoms with Gasteiger partial charge in [0.25, 0.3) is 6.26 Å². The number of nitrogens with zero attached hydrogens (tertiary/aromatic N) is 1. The van der Waals surface area contributed by atoms with Gasteiger partial charge in [-0.2, -0.15) is 5.26 Å². The third kappa shape index (κ3) is 1.80. The third-order valence-electron chi connectivity index (χ3n) is 3.71. The summed E-state index contributed by atoms with van der Waals surface area (Å²) in [5.41, 5.74) is 0. The van der Waals surface area contributed by atoms with Gasteiger partial charge >= 0.3 is 0 Å². The minimum atomic E-state index is 0.254. The van der Waals surface area contributed by atoms with Gasteiger partial charge in [0.15, 0.2) is 0 Å². The molecule has 0 saturated heterocycles. The Bertz CT molecular complexity index is 207. The lowest BCUT2D eigenvalue weighted by atomic mass is 9.69. The molecule has 0 bridgehead atoms. The van der Waals surface area contributed by atoms with Gasteiger partial charge in [-0.3, -0.25) is 0 Å². The molecule has 0 N–H and O–H groups in total. The van der Waals surface area contributed by atoms with E-state index in [1.165, 1.54) is 38.5 Å². The van der Waals surface area contributed by atoms with Crippen molar-refractivity contribution in [2.75, 3.05) is 0 Å². The molecule has 0 aromatic carbocycles. The van der Waals surface area contributed by atoms with Gasteiger partial charge in [0.05, 0.1) is 0 Å². The molecule has 3 atom stereocenters. The first-order valence-electron chi connectivity index (χ1n) is 5.46. The predicted molar refractivity (Wildman–Crippen MR) is 49.8 cm³/mol. The van der Waals surface area contributed by atoms with Crippen LogP contribution in [-0.2, 0) is 4.74 Å². The summed E-state index contributed by atoms with van der Waals surface area (Å²) in [6.07, 6.45) is 11.2. The normalized spacial score (nSPS) is 38.8. The first kappa shape index (κ1) is 8.87. The molecular weight excluding hydrogens is 162 g/mol. The molecule has 2 rings (SSSR count). The zero-order valence-corrected chi connectivity index (χ0v) is 8.04. The van der Waals surface area contributed by atoms with Crippen LogP contribution in [0.15, 0.2) is 0 Å². The fourth-order valence-corrected chi connectivity index (χ4v) is 3.09. The first-order valence-corrected chi connectivity index (χ1v) is 5.46. The van der Waals surface area contributed by atoms with Gasteiger partial charge in [0.1, 0.15) is 6.10 Å². The fraction of sp³-hybridized carbons (Fsp3) is 0.909. The van der Waals surface area contributed by atoms with Crippen LogP contribution in [0.1, 0.15) is 44.9 Å². The maximum atomic E-state index is 8.54. The van der Waals surface area contributed by atoms with Gasteiger partial charge < -0.3 is 4.74 Å². The van der Waals surface area contributed by atoms with Crippen molar-refractivity contribution in [3.63, 3.8) is 0 Å². The average molecular weight is 179 g/mol. The Labute approximate surface area is 79.9 Å². The summed E-state index contributed by atoms with van der Waals surface area (Å²) >= 11 is 0. The number of fused-ring (bicyclic) bond motifs is 1. The van der Waals surface area contributed by atoms with Crippen molar-refractivity contribution < 1.29 is 4.74 Å². The van der Waals surface area contributed by atoms with Crippen molar-refractivity contribution in [1.29, 1.82) is 5.26 Å². The summed E-state index contributed by atoms with van der Waals surface area (Å²) in [6.45, 7) is 0. The smallest absolute Gasteiger partial charge is 0.286 e. The summed E-state index contributed by atoms with van der Waals surface area (Å²) in [4.78, 5) is 0. The van der Waals surface area contributed by atoms with Crippen LogP contribution >= 0.6 is 0 Å². The van der Waals surface area contributed by atoms with E-state index in [9.17, 15) is 0 Å². The van der Waals surface area contributed by atoms with Crippen molar-refractivity contribution in [2.45, 2.75) is 51.0 Å². The molecule has 13 heavy (non-hydrogen) atoms. The van der Waals surface area contributed by atoms with Crippen LogP contribution in [0.4, 0.5) is 0 Å². The Morgan fingerprint density at radius 1 is 1.00 bits per heavy atom. The largest absolute Gasteiger partial charge is 0.424 e. The zero-order valence-electron chi connectivity index (χ0n) is 8.04. The first-order chi connectivity index (χ1) is 6.42. The second-order valence-corrected chi connectivity index (χ2v) is 4.39. The summed E-state index contributed by atoms with van der Waals surface area (Å²) in [5.74, 6) is 1.56. The van der Waals surface area contributed by atoms with Crippen LogP contribution in [0.5, 0.6) is 0 Å². The van der Waals surface area contributed by atoms with Crippen molar-refractivity contribution >= 4 is 0 Å². The lowest BCUT2D eigenvalue weighted by Crippen LogP contribution is -2.35. The number of hydrogen-bond acceptors (Lipinski definition) is 2. The molecule has 2 nitrogen and oxygen atoms in total. The standard InChI is InChI=1S/C11H17NO/c12-8-13-11-7-3-5-9-4-1-2-6-10(9)11/h9-11H,1-7H2. The Hall–Kier alpha value is -0.710. The summed E-state index contributed by atoms with van der Waals surface area (Å²) < 4.78 is 5.16. The molecule has 0 heterocycles. The number of hydrogen-bond donors (Lipinski definition) is 0. The monoisotopic (exact) mass is 179 g/mol. The molecule has 0 aromatic heterocycles. The molecule has 2 fully saturated rings. The van der Waals surface area contributed by atoms with Gasteiger partial charge in [0.2, 0.25) is 0 Å². The van der Waals surface area contributed by atoms with E-state index >= 15 is 0 Å². The SMILES string of the molecule is N#COC1CCCC2CCCCC21. The maximum Gasteiger partial charge on any atom is 0.286 e. The Kier molecular flexibility index (Phi) is 2.73. The second-order valence-electron chi connectivity index (χ2n) is 4.39. The molecule has 3 unspecified atom stereocenters. The van der Waals surface area contributed by atoms with Crippen LogP contribution in [-0.4, -0.2) is 6.10 Å².